The van der Waals surface area contributed by atoms with Crippen LogP contribution in [0.5, 0.6) is 17.4 Å². The van der Waals surface area contributed by atoms with Gasteiger partial charge in [0.1, 0.15) is 6.10 Å². The van der Waals surface area contributed by atoms with Gasteiger partial charge in [0.25, 0.3) is 0 Å². The number of para-hydroxylation sites is 2. The van der Waals surface area contributed by atoms with Crippen molar-refractivity contribution in [1.29, 1.82) is 0 Å². The fraction of sp³-hybridized carbons (Fsp3) is 0.368. The molecule has 1 heterocycles. The van der Waals surface area contributed by atoms with Crippen molar-refractivity contribution >= 4 is 5.96 Å². The van der Waals surface area contributed by atoms with Crippen LogP contribution >= 0.6 is 0 Å². The van der Waals surface area contributed by atoms with Crippen LogP contribution in [0.1, 0.15) is 12.5 Å². The second-order valence-corrected chi connectivity index (χ2v) is 5.59. The summed E-state index contributed by atoms with van der Waals surface area (Å²) < 4.78 is 16.3. The first-order valence-corrected chi connectivity index (χ1v) is 8.39. The molecule has 0 aliphatic rings. The van der Waals surface area contributed by atoms with Gasteiger partial charge < -0.3 is 24.8 Å². The van der Waals surface area contributed by atoms with Crippen LogP contribution in [-0.2, 0) is 6.54 Å². The standard InChI is InChI=1S/C19H26N4O3/c1-14(26-17-8-6-5-7-16(17)24-3)11-22-19(20-2)23-13-15-9-10-18(25-4)21-12-15/h5-10,12,14H,11,13H2,1-4H3,(H2,20,22,23). The second-order valence-electron chi connectivity index (χ2n) is 5.59. The first kappa shape index (κ1) is 19.4. The number of guanidine groups is 1. The lowest BCUT2D eigenvalue weighted by molar-refractivity contribution is 0.213. The average Bonchev–Trinajstić information content (AvgIpc) is 2.69. The molecule has 0 fully saturated rings. The molecule has 1 atom stereocenters. The Labute approximate surface area is 154 Å². The van der Waals surface area contributed by atoms with E-state index in [0.717, 1.165) is 11.3 Å². The van der Waals surface area contributed by atoms with Gasteiger partial charge >= 0.3 is 0 Å². The van der Waals surface area contributed by atoms with E-state index in [9.17, 15) is 0 Å². The third kappa shape index (κ3) is 5.84. The van der Waals surface area contributed by atoms with Crippen LogP contribution in [0.4, 0.5) is 0 Å². The molecule has 0 radical (unpaired) electrons. The summed E-state index contributed by atoms with van der Waals surface area (Å²) in [6.07, 6.45) is 1.71. The number of aliphatic imine (C=N–C) groups is 1. The molecule has 2 aromatic rings. The second kappa shape index (κ2) is 10.1. The van der Waals surface area contributed by atoms with Gasteiger partial charge in [-0.1, -0.05) is 18.2 Å². The van der Waals surface area contributed by atoms with Crippen LogP contribution < -0.4 is 24.8 Å². The maximum absolute atomic E-state index is 5.93. The van der Waals surface area contributed by atoms with Gasteiger partial charge in [0.15, 0.2) is 17.5 Å². The molecule has 0 bridgehead atoms. The van der Waals surface area contributed by atoms with Crippen LogP contribution in [-0.4, -0.2) is 44.9 Å². The zero-order chi connectivity index (χ0) is 18.8. The summed E-state index contributed by atoms with van der Waals surface area (Å²) in [4.78, 5) is 8.40. The van der Waals surface area contributed by atoms with Crippen molar-refractivity contribution in [2.24, 2.45) is 4.99 Å². The summed E-state index contributed by atoms with van der Waals surface area (Å²) in [5.74, 6) is 2.72. The van der Waals surface area contributed by atoms with Gasteiger partial charge in [-0.3, -0.25) is 4.99 Å². The Balaban J connectivity index is 1.80. The zero-order valence-electron chi connectivity index (χ0n) is 15.7. The number of nitrogens with zero attached hydrogens (tertiary/aromatic N) is 2. The Morgan fingerprint density at radius 1 is 1.08 bits per heavy atom. The van der Waals surface area contributed by atoms with E-state index in [1.807, 2.05) is 43.3 Å². The first-order chi connectivity index (χ1) is 12.7. The third-order valence-electron chi connectivity index (χ3n) is 3.64. The fourth-order valence-corrected chi connectivity index (χ4v) is 2.26. The molecule has 26 heavy (non-hydrogen) atoms. The average molecular weight is 358 g/mol. The van der Waals surface area contributed by atoms with Crippen molar-refractivity contribution in [2.45, 2.75) is 19.6 Å². The molecule has 0 aliphatic carbocycles. The molecular weight excluding hydrogens is 332 g/mol. The maximum Gasteiger partial charge on any atom is 0.212 e. The van der Waals surface area contributed by atoms with Gasteiger partial charge in [-0.25, -0.2) is 4.98 Å². The number of nitrogens with one attached hydrogen (secondary N) is 2. The van der Waals surface area contributed by atoms with E-state index in [2.05, 4.69) is 20.6 Å². The summed E-state index contributed by atoms with van der Waals surface area (Å²) in [6, 6.07) is 11.4. The molecule has 0 spiro atoms. The van der Waals surface area contributed by atoms with Crippen molar-refractivity contribution in [3.8, 4) is 17.4 Å². The highest BCUT2D eigenvalue weighted by Crippen LogP contribution is 2.26. The molecule has 0 saturated heterocycles. The van der Waals surface area contributed by atoms with Gasteiger partial charge in [-0.2, -0.15) is 0 Å². The first-order valence-electron chi connectivity index (χ1n) is 8.39. The van der Waals surface area contributed by atoms with Crippen molar-refractivity contribution < 1.29 is 14.2 Å². The minimum Gasteiger partial charge on any atom is -0.493 e. The number of hydrogen-bond donors (Lipinski definition) is 2. The molecule has 7 heteroatoms. The van der Waals surface area contributed by atoms with E-state index < -0.39 is 0 Å². The molecule has 1 aromatic heterocycles. The summed E-state index contributed by atoms with van der Waals surface area (Å²) in [5, 5.41) is 6.49. The Bertz CT molecular complexity index is 704. The molecule has 0 amide bonds. The SMILES string of the molecule is CN=C(NCc1ccc(OC)nc1)NCC(C)Oc1ccccc1OC. The molecule has 0 saturated carbocycles. The Kier molecular flexibility index (Phi) is 7.54. The lowest BCUT2D eigenvalue weighted by Gasteiger charge is -2.19. The smallest absolute Gasteiger partial charge is 0.212 e. The van der Waals surface area contributed by atoms with E-state index in [4.69, 9.17) is 14.2 Å². The van der Waals surface area contributed by atoms with Gasteiger partial charge in [0, 0.05) is 25.9 Å². The number of ether oxygens (including phenoxy) is 3. The third-order valence-corrected chi connectivity index (χ3v) is 3.64. The van der Waals surface area contributed by atoms with Crippen molar-refractivity contribution in [1.82, 2.24) is 15.6 Å². The predicted molar refractivity (Wildman–Crippen MR) is 102 cm³/mol. The van der Waals surface area contributed by atoms with E-state index in [0.29, 0.717) is 30.7 Å². The van der Waals surface area contributed by atoms with Crippen molar-refractivity contribution in [3.05, 3.63) is 48.2 Å². The lowest BCUT2D eigenvalue weighted by atomic mass is 10.3. The largest absolute Gasteiger partial charge is 0.493 e. The zero-order valence-corrected chi connectivity index (χ0v) is 15.7. The molecule has 2 rings (SSSR count). The Morgan fingerprint density at radius 3 is 2.46 bits per heavy atom. The number of pyridine rings is 1. The van der Waals surface area contributed by atoms with Crippen LogP contribution in [0.2, 0.25) is 0 Å². The highest BCUT2D eigenvalue weighted by Gasteiger charge is 2.09. The van der Waals surface area contributed by atoms with E-state index >= 15 is 0 Å². The molecule has 1 unspecified atom stereocenters. The Hall–Kier alpha value is -2.96. The molecule has 2 N–H and O–H groups in total. The predicted octanol–water partition coefficient (Wildman–Crippen LogP) is 2.23. The number of aromatic nitrogens is 1. The van der Waals surface area contributed by atoms with E-state index in [1.54, 1.807) is 27.5 Å². The number of hydrogen-bond acceptors (Lipinski definition) is 5. The van der Waals surface area contributed by atoms with Crippen LogP contribution in [0.3, 0.4) is 0 Å². The van der Waals surface area contributed by atoms with Crippen molar-refractivity contribution in [2.75, 3.05) is 27.8 Å². The normalized spacial score (nSPS) is 12.2. The van der Waals surface area contributed by atoms with Crippen LogP contribution in [0.15, 0.2) is 47.6 Å². The highest BCUT2D eigenvalue weighted by molar-refractivity contribution is 5.79. The fourth-order valence-electron chi connectivity index (χ4n) is 2.26. The van der Waals surface area contributed by atoms with Gasteiger partial charge in [-0.05, 0) is 24.6 Å². The summed E-state index contributed by atoms with van der Waals surface area (Å²) in [7, 11) is 4.96. The number of rotatable bonds is 8. The summed E-state index contributed by atoms with van der Waals surface area (Å²) >= 11 is 0. The monoisotopic (exact) mass is 358 g/mol. The molecule has 1 aromatic carbocycles. The molecular formula is C19H26N4O3. The molecule has 140 valence electrons. The maximum atomic E-state index is 5.93. The Morgan fingerprint density at radius 2 is 1.85 bits per heavy atom. The van der Waals surface area contributed by atoms with Crippen LogP contribution in [0.25, 0.3) is 0 Å². The molecule has 7 nitrogen and oxygen atoms in total. The van der Waals surface area contributed by atoms with Gasteiger partial charge in [0.2, 0.25) is 5.88 Å². The minimum atomic E-state index is -0.0625. The lowest BCUT2D eigenvalue weighted by Crippen LogP contribution is -2.41. The van der Waals surface area contributed by atoms with E-state index in [1.165, 1.54) is 0 Å². The van der Waals surface area contributed by atoms with Crippen molar-refractivity contribution in [3.63, 3.8) is 0 Å². The topological polar surface area (TPSA) is 77.0 Å². The summed E-state index contributed by atoms with van der Waals surface area (Å²) in [5.41, 5.74) is 1.03. The highest BCUT2D eigenvalue weighted by atomic mass is 16.5. The minimum absolute atomic E-state index is 0.0625. The summed E-state index contributed by atoms with van der Waals surface area (Å²) in [6.45, 7) is 3.19. The van der Waals surface area contributed by atoms with Crippen LogP contribution in [0, 0.1) is 0 Å². The molecule has 0 aliphatic heterocycles. The number of benzene rings is 1. The quantitative estimate of drug-likeness (QED) is 0.557. The van der Waals surface area contributed by atoms with E-state index in [-0.39, 0.29) is 6.10 Å². The number of methoxy groups -OCH3 is 2. The van der Waals surface area contributed by atoms with Gasteiger partial charge in [-0.15, -0.1) is 0 Å². The van der Waals surface area contributed by atoms with Gasteiger partial charge in [0.05, 0.1) is 20.8 Å².